The molecule has 2 heterocycles. The maximum atomic E-state index is 12.7. The number of benzene rings is 1. The van der Waals surface area contributed by atoms with E-state index in [2.05, 4.69) is 29.7 Å². The van der Waals surface area contributed by atoms with Gasteiger partial charge in [0.2, 0.25) is 5.91 Å². The molecule has 3 nitrogen and oxygen atoms in total. The summed E-state index contributed by atoms with van der Waals surface area (Å²) in [6.45, 7) is 7.13. The number of fused-ring (bicyclic) bond motifs is 1. The molecule has 2 aromatic rings. The normalized spacial score (nSPS) is 13.8. The average Bonchev–Trinajstić information content (AvgIpc) is 2.99. The first-order valence-corrected chi connectivity index (χ1v) is 9.27. The molecule has 0 fully saturated rings. The second kappa shape index (κ2) is 7.97. The van der Waals surface area contributed by atoms with Gasteiger partial charge in [-0.25, -0.2) is 0 Å². The van der Waals surface area contributed by atoms with E-state index < -0.39 is 0 Å². The molecule has 1 aliphatic heterocycles. The summed E-state index contributed by atoms with van der Waals surface area (Å²) >= 11 is 7.56. The van der Waals surface area contributed by atoms with Crippen molar-refractivity contribution in [2.45, 2.75) is 19.5 Å². The summed E-state index contributed by atoms with van der Waals surface area (Å²) in [7, 11) is 0. The van der Waals surface area contributed by atoms with E-state index in [-0.39, 0.29) is 5.91 Å². The summed E-state index contributed by atoms with van der Waals surface area (Å²) < 4.78 is 0.780. The van der Waals surface area contributed by atoms with Crippen molar-refractivity contribution >= 4 is 28.8 Å². The van der Waals surface area contributed by atoms with Crippen molar-refractivity contribution in [3.8, 4) is 0 Å². The van der Waals surface area contributed by atoms with E-state index >= 15 is 0 Å². The molecule has 0 unspecified atom stereocenters. The van der Waals surface area contributed by atoms with Crippen molar-refractivity contribution in [2.75, 3.05) is 19.6 Å². The zero-order chi connectivity index (χ0) is 16.9. The molecular weight excluding hydrogens is 340 g/mol. The molecule has 24 heavy (non-hydrogen) atoms. The van der Waals surface area contributed by atoms with Crippen molar-refractivity contribution < 1.29 is 4.79 Å². The Morgan fingerprint density at radius 3 is 2.79 bits per heavy atom. The topological polar surface area (TPSA) is 23.6 Å². The molecule has 0 spiro atoms. The van der Waals surface area contributed by atoms with Crippen LogP contribution < -0.4 is 0 Å². The van der Waals surface area contributed by atoms with Gasteiger partial charge in [0.15, 0.2) is 0 Å². The molecule has 0 saturated heterocycles. The lowest BCUT2D eigenvalue weighted by Gasteiger charge is -2.31. The Morgan fingerprint density at radius 1 is 1.29 bits per heavy atom. The number of hydrogen-bond acceptors (Lipinski definition) is 3. The van der Waals surface area contributed by atoms with Gasteiger partial charge in [-0.05, 0) is 29.7 Å². The Morgan fingerprint density at radius 2 is 2.08 bits per heavy atom. The molecule has 0 bridgehead atoms. The van der Waals surface area contributed by atoms with Crippen LogP contribution in [0.25, 0.3) is 0 Å². The van der Waals surface area contributed by atoms with E-state index in [1.165, 1.54) is 16.0 Å². The molecule has 0 aliphatic carbocycles. The van der Waals surface area contributed by atoms with Gasteiger partial charge in [-0.3, -0.25) is 9.69 Å². The lowest BCUT2D eigenvalue weighted by Crippen LogP contribution is -2.42. The number of rotatable bonds is 6. The van der Waals surface area contributed by atoms with Crippen LogP contribution in [0.2, 0.25) is 4.34 Å². The average molecular weight is 361 g/mol. The first kappa shape index (κ1) is 17.2. The zero-order valence-electron chi connectivity index (χ0n) is 13.6. The maximum Gasteiger partial charge on any atom is 0.237 e. The second-order valence-electron chi connectivity index (χ2n) is 6.00. The highest BCUT2D eigenvalue weighted by atomic mass is 35.5. The van der Waals surface area contributed by atoms with Crippen molar-refractivity contribution in [1.82, 2.24) is 9.80 Å². The number of hydrogen-bond donors (Lipinski definition) is 0. The smallest absolute Gasteiger partial charge is 0.237 e. The van der Waals surface area contributed by atoms with Crippen LogP contribution in [0.15, 0.2) is 49.1 Å². The molecule has 1 aromatic heterocycles. The third-order valence-electron chi connectivity index (χ3n) is 4.24. The fraction of sp³-hybridized carbons (Fsp3) is 0.316. The van der Waals surface area contributed by atoms with Crippen LogP contribution in [0.1, 0.15) is 16.0 Å². The molecule has 1 aromatic carbocycles. The van der Waals surface area contributed by atoms with Gasteiger partial charge in [0, 0.05) is 31.1 Å². The van der Waals surface area contributed by atoms with Crippen LogP contribution in [0, 0.1) is 0 Å². The Labute approximate surface area is 152 Å². The third kappa shape index (κ3) is 4.26. The highest BCUT2D eigenvalue weighted by molar-refractivity contribution is 7.16. The molecule has 3 rings (SSSR count). The lowest BCUT2D eigenvalue weighted by molar-refractivity contribution is -0.133. The van der Waals surface area contributed by atoms with Gasteiger partial charge < -0.3 is 4.90 Å². The number of nitrogens with zero attached hydrogens (tertiary/aromatic N) is 2. The van der Waals surface area contributed by atoms with Crippen LogP contribution in [0.5, 0.6) is 0 Å². The summed E-state index contributed by atoms with van der Waals surface area (Å²) in [5, 5.41) is 0. The standard InChI is InChI=1S/C19H21ClN2OS/c1-2-10-21(13-17-7-8-18(20)24-17)14-19(23)22-11-9-15-5-3-4-6-16(15)12-22/h2-8H,1,9-14H2. The number of carbonyl (C=O) groups excluding carboxylic acids is 1. The van der Waals surface area contributed by atoms with Crippen molar-refractivity contribution in [1.29, 1.82) is 0 Å². The largest absolute Gasteiger partial charge is 0.337 e. The van der Waals surface area contributed by atoms with Gasteiger partial charge in [0.05, 0.1) is 10.9 Å². The minimum atomic E-state index is 0.175. The second-order valence-corrected chi connectivity index (χ2v) is 7.80. The van der Waals surface area contributed by atoms with Crippen LogP contribution >= 0.6 is 22.9 Å². The predicted octanol–water partition coefficient (Wildman–Crippen LogP) is 3.97. The zero-order valence-corrected chi connectivity index (χ0v) is 15.2. The minimum absolute atomic E-state index is 0.175. The van der Waals surface area contributed by atoms with E-state index in [1.807, 2.05) is 29.2 Å². The fourth-order valence-corrected chi connectivity index (χ4v) is 4.15. The van der Waals surface area contributed by atoms with Gasteiger partial charge >= 0.3 is 0 Å². The Bertz CT molecular complexity index is 728. The van der Waals surface area contributed by atoms with E-state index in [4.69, 9.17) is 11.6 Å². The summed E-state index contributed by atoms with van der Waals surface area (Å²) in [6.07, 6.45) is 2.78. The first-order valence-electron chi connectivity index (χ1n) is 8.07. The molecular formula is C19H21ClN2OS. The molecule has 0 atom stereocenters. The van der Waals surface area contributed by atoms with Crippen LogP contribution in [0.3, 0.4) is 0 Å². The van der Waals surface area contributed by atoms with Crippen LogP contribution in [-0.4, -0.2) is 35.3 Å². The summed E-state index contributed by atoms with van der Waals surface area (Å²) in [6, 6.07) is 12.3. The highest BCUT2D eigenvalue weighted by Gasteiger charge is 2.22. The van der Waals surface area contributed by atoms with E-state index in [0.717, 1.165) is 23.8 Å². The van der Waals surface area contributed by atoms with Crippen molar-refractivity contribution in [2.24, 2.45) is 0 Å². The van der Waals surface area contributed by atoms with Gasteiger partial charge in [-0.1, -0.05) is 41.9 Å². The molecule has 0 saturated carbocycles. The van der Waals surface area contributed by atoms with Crippen molar-refractivity contribution in [3.05, 3.63) is 69.4 Å². The number of amides is 1. The fourth-order valence-electron chi connectivity index (χ4n) is 3.02. The van der Waals surface area contributed by atoms with Gasteiger partial charge in [-0.15, -0.1) is 17.9 Å². The molecule has 0 N–H and O–H groups in total. The molecule has 0 radical (unpaired) electrons. The monoisotopic (exact) mass is 360 g/mol. The maximum absolute atomic E-state index is 12.7. The third-order valence-corrected chi connectivity index (χ3v) is 5.45. The predicted molar refractivity (Wildman–Crippen MR) is 100 cm³/mol. The number of carbonyl (C=O) groups is 1. The Kier molecular flexibility index (Phi) is 5.72. The van der Waals surface area contributed by atoms with E-state index in [1.54, 1.807) is 11.3 Å². The Hall–Kier alpha value is -1.62. The number of thiophene rings is 1. The van der Waals surface area contributed by atoms with Gasteiger partial charge in [0.25, 0.3) is 0 Å². The van der Waals surface area contributed by atoms with Gasteiger partial charge in [0.1, 0.15) is 0 Å². The van der Waals surface area contributed by atoms with Crippen molar-refractivity contribution in [3.63, 3.8) is 0 Å². The summed E-state index contributed by atoms with van der Waals surface area (Å²) in [4.78, 5) is 17.9. The Balaban J connectivity index is 1.62. The molecule has 5 heteroatoms. The lowest BCUT2D eigenvalue weighted by atomic mass is 10.00. The number of halogens is 1. The van der Waals surface area contributed by atoms with Crippen LogP contribution in [0.4, 0.5) is 0 Å². The highest BCUT2D eigenvalue weighted by Crippen LogP contribution is 2.23. The van der Waals surface area contributed by atoms with E-state index in [0.29, 0.717) is 19.6 Å². The summed E-state index contributed by atoms with van der Waals surface area (Å²) in [5.74, 6) is 0.175. The molecule has 1 aliphatic rings. The molecule has 1 amide bonds. The minimum Gasteiger partial charge on any atom is -0.337 e. The van der Waals surface area contributed by atoms with Gasteiger partial charge in [-0.2, -0.15) is 0 Å². The molecule has 126 valence electrons. The SMILES string of the molecule is C=CCN(CC(=O)N1CCc2ccccc2C1)Cc1ccc(Cl)s1. The van der Waals surface area contributed by atoms with Crippen LogP contribution in [-0.2, 0) is 24.3 Å². The first-order chi connectivity index (χ1) is 11.7. The summed E-state index contributed by atoms with van der Waals surface area (Å²) in [5.41, 5.74) is 2.62. The quantitative estimate of drug-likeness (QED) is 0.727. The van der Waals surface area contributed by atoms with E-state index in [9.17, 15) is 4.79 Å².